The third-order valence-electron chi connectivity index (χ3n) is 3.23. The number of hydrazine groups is 1. The Balaban J connectivity index is 2.25. The van der Waals surface area contributed by atoms with E-state index in [4.69, 9.17) is 10.6 Å². The lowest BCUT2D eigenvalue weighted by Crippen LogP contribution is -2.31. The van der Waals surface area contributed by atoms with Gasteiger partial charge in [-0.25, -0.2) is 15.8 Å². The van der Waals surface area contributed by atoms with Crippen molar-refractivity contribution in [1.29, 1.82) is 0 Å². The molecule has 0 saturated heterocycles. The average Bonchev–Trinajstić information content (AvgIpc) is 2.74. The van der Waals surface area contributed by atoms with E-state index in [0.29, 0.717) is 12.4 Å². The van der Waals surface area contributed by atoms with Gasteiger partial charge in [-0.05, 0) is 25.7 Å². The first kappa shape index (κ1) is 13.1. The molecule has 19 heavy (non-hydrogen) atoms. The van der Waals surface area contributed by atoms with Gasteiger partial charge in [-0.15, -0.1) is 11.3 Å². The van der Waals surface area contributed by atoms with Crippen LogP contribution in [0.1, 0.15) is 24.3 Å². The molecule has 0 bridgehead atoms. The van der Waals surface area contributed by atoms with E-state index in [1.807, 2.05) is 6.26 Å². The number of nitrogens with one attached hydrogen (secondary N) is 1. The van der Waals surface area contributed by atoms with Crippen molar-refractivity contribution in [1.82, 2.24) is 9.97 Å². The second kappa shape index (κ2) is 4.59. The number of aromatic nitrogens is 2. The molecule has 2 aromatic heterocycles. The monoisotopic (exact) mass is 296 g/mol. The van der Waals surface area contributed by atoms with Gasteiger partial charge in [0, 0.05) is 11.3 Å². The highest BCUT2D eigenvalue weighted by molar-refractivity contribution is 7.98. The smallest absolute Gasteiger partial charge is 0.190 e. The fourth-order valence-electron chi connectivity index (χ4n) is 2.32. The highest BCUT2D eigenvalue weighted by atomic mass is 32.2. The molecule has 0 aromatic carbocycles. The van der Waals surface area contributed by atoms with Crippen LogP contribution in [-0.2, 0) is 17.8 Å². The first-order valence-corrected chi connectivity index (χ1v) is 8.05. The predicted octanol–water partition coefficient (Wildman–Crippen LogP) is 2.55. The van der Waals surface area contributed by atoms with Gasteiger partial charge in [-0.2, -0.15) is 0 Å². The van der Waals surface area contributed by atoms with Gasteiger partial charge in [0.2, 0.25) is 0 Å². The molecule has 0 radical (unpaired) electrons. The normalized spacial score (nSPS) is 17.5. The van der Waals surface area contributed by atoms with Crippen LogP contribution in [0.2, 0.25) is 0 Å². The first-order chi connectivity index (χ1) is 9.04. The molecule has 5 nitrogen and oxygen atoms in total. The van der Waals surface area contributed by atoms with Crippen LogP contribution in [0.15, 0.2) is 5.16 Å². The third-order valence-corrected chi connectivity index (χ3v) is 4.88. The minimum absolute atomic E-state index is 0.148. The lowest BCUT2D eigenvalue weighted by molar-refractivity contribution is -0.0379. The van der Waals surface area contributed by atoms with E-state index in [2.05, 4.69) is 29.2 Å². The van der Waals surface area contributed by atoms with Gasteiger partial charge in [-0.3, -0.25) is 0 Å². The second-order valence-electron chi connectivity index (χ2n) is 5.11. The lowest BCUT2D eigenvalue weighted by Gasteiger charge is -2.30. The summed E-state index contributed by atoms with van der Waals surface area (Å²) in [5, 5.41) is 1.79. The van der Waals surface area contributed by atoms with Crippen LogP contribution >= 0.6 is 23.1 Å². The minimum atomic E-state index is -0.148. The number of nitrogens with two attached hydrogens (primary N) is 1. The standard InChI is InChI=1S/C12H16N4OS2/c1-12(2)4-6-7(5-17-12)19-10-8(6)9(16-13)14-11(15-10)18-3/h4-5,13H2,1-3H3,(H,14,15,16). The van der Waals surface area contributed by atoms with Crippen LogP contribution < -0.4 is 11.3 Å². The summed E-state index contributed by atoms with van der Waals surface area (Å²) in [5.74, 6) is 6.34. The van der Waals surface area contributed by atoms with Gasteiger partial charge in [-0.1, -0.05) is 11.8 Å². The average molecular weight is 296 g/mol. The number of rotatable bonds is 2. The number of anilines is 1. The van der Waals surface area contributed by atoms with Gasteiger partial charge in [0.25, 0.3) is 0 Å². The number of hydrogen-bond acceptors (Lipinski definition) is 7. The summed E-state index contributed by atoms with van der Waals surface area (Å²) in [6.07, 6.45) is 2.82. The molecule has 1 aliphatic rings. The number of thiophene rings is 1. The molecule has 0 amide bonds. The zero-order chi connectivity index (χ0) is 13.6. The Hall–Kier alpha value is -0.890. The third kappa shape index (κ3) is 2.20. The maximum absolute atomic E-state index is 5.86. The molecule has 0 unspecified atom stereocenters. The molecular formula is C12H16N4OS2. The Kier molecular flexibility index (Phi) is 3.17. The fraction of sp³-hybridized carbons (Fsp3) is 0.500. The van der Waals surface area contributed by atoms with Crippen LogP contribution in [0.4, 0.5) is 5.82 Å². The molecule has 102 valence electrons. The molecule has 0 atom stereocenters. The molecule has 2 aromatic rings. The van der Waals surface area contributed by atoms with Crippen molar-refractivity contribution in [2.24, 2.45) is 5.84 Å². The van der Waals surface area contributed by atoms with E-state index in [9.17, 15) is 0 Å². The Morgan fingerprint density at radius 1 is 1.42 bits per heavy atom. The molecule has 3 heterocycles. The van der Waals surface area contributed by atoms with E-state index in [1.165, 1.54) is 22.2 Å². The van der Waals surface area contributed by atoms with Gasteiger partial charge < -0.3 is 10.2 Å². The van der Waals surface area contributed by atoms with Crippen LogP contribution in [-0.4, -0.2) is 21.8 Å². The van der Waals surface area contributed by atoms with Crippen molar-refractivity contribution in [2.45, 2.75) is 37.6 Å². The van der Waals surface area contributed by atoms with Crippen molar-refractivity contribution >= 4 is 39.1 Å². The van der Waals surface area contributed by atoms with Crippen molar-refractivity contribution in [2.75, 3.05) is 11.7 Å². The number of thioether (sulfide) groups is 1. The van der Waals surface area contributed by atoms with E-state index < -0.39 is 0 Å². The van der Waals surface area contributed by atoms with Crippen molar-refractivity contribution < 1.29 is 4.74 Å². The number of fused-ring (bicyclic) bond motifs is 3. The van der Waals surface area contributed by atoms with Gasteiger partial charge in [0.15, 0.2) is 11.0 Å². The quantitative estimate of drug-likeness (QED) is 0.384. The first-order valence-electron chi connectivity index (χ1n) is 6.01. The number of nitrogen functional groups attached to an aromatic ring is 1. The second-order valence-corrected chi connectivity index (χ2v) is 6.97. The SMILES string of the molecule is CSc1nc(NN)c2c3c(sc2n1)COC(C)(C)C3. The maximum Gasteiger partial charge on any atom is 0.190 e. The lowest BCUT2D eigenvalue weighted by atomic mass is 9.94. The van der Waals surface area contributed by atoms with E-state index in [-0.39, 0.29) is 5.60 Å². The molecule has 3 rings (SSSR count). The van der Waals surface area contributed by atoms with Crippen LogP contribution in [0, 0.1) is 0 Å². The molecule has 1 aliphatic heterocycles. The van der Waals surface area contributed by atoms with E-state index >= 15 is 0 Å². The summed E-state index contributed by atoms with van der Waals surface area (Å²) in [6, 6.07) is 0. The molecular weight excluding hydrogens is 280 g/mol. The summed E-state index contributed by atoms with van der Waals surface area (Å²) in [6.45, 7) is 4.85. The summed E-state index contributed by atoms with van der Waals surface area (Å²) < 4.78 is 5.86. The number of ether oxygens (including phenoxy) is 1. The Bertz CT molecular complexity index is 638. The van der Waals surface area contributed by atoms with Crippen LogP contribution in [0.3, 0.4) is 0 Å². The number of nitrogens with zero attached hydrogens (tertiary/aromatic N) is 2. The van der Waals surface area contributed by atoms with Crippen LogP contribution in [0.25, 0.3) is 10.2 Å². The Morgan fingerprint density at radius 3 is 2.89 bits per heavy atom. The molecule has 7 heteroatoms. The topological polar surface area (TPSA) is 73.1 Å². The van der Waals surface area contributed by atoms with Gasteiger partial charge >= 0.3 is 0 Å². The van der Waals surface area contributed by atoms with Crippen molar-refractivity contribution in [3.05, 3.63) is 10.4 Å². The van der Waals surface area contributed by atoms with Crippen molar-refractivity contribution in [3.8, 4) is 0 Å². The predicted molar refractivity (Wildman–Crippen MR) is 79.6 cm³/mol. The number of hydrogen-bond donors (Lipinski definition) is 2. The zero-order valence-corrected chi connectivity index (χ0v) is 12.7. The molecule has 0 saturated carbocycles. The summed E-state index contributed by atoms with van der Waals surface area (Å²) in [5.41, 5.74) is 3.84. The van der Waals surface area contributed by atoms with Gasteiger partial charge in [0.05, 0.1) is 17.6 Å². The fourth-order valence-corrected chi connectivity index (χ4v) is 3.85. The van der Waals surface area contributed by atoms with Crippen LogP contribution in [0.5, 0.6) is 0 Å². The molecule has 0 spiro atoms. The van der Waals surface area contributed by atoms with Gasteiger partial charge in [0.1, 0.15) is 4.83 Å². The van der Waals surface area contributed by atoms with Crippen molar-refractivity contribution in [3.63, 3.8) is 0 Å². The summed E-state index contributed by atoms with van der Waals surface area (Å²) in [4.78, 5) is 11.2. The summed E-state index contributed by atoms with van der Waals surface area (Å²) in [7, 11) is 0. The molecule has 3 N–H and O–H groups in total. The summed E-state index contributed by atoms with van der Waals surface area (Å²) >= 11 is 3.19. The highest BCUT2D eigenvalue weighted by Gasteiger charge is 2.30. The van der Waals surface area contributed by atoms with E-state index in [1.54, 1.807) is 11.3 Å². The zero-order valence-electron chi connectivity index (χ0n) is 11.1. The maximum atomic E-state index is 5.86. The van der Waals surface area contributed by atoms with E-state index in [0.717, 1.165) is 21.8 Å². The Labute approximate surface area is 119 Å². The minimum Gasteiger partial charge on any atom is -0.370 e. The Morgan fingerprint density at radius 2 is 2.21 bits per heavy atom. The molecule has 0 fully saturated rings. The largest absolute Gasteiger partial charge is 0.370 e. The molecule has 0 aliphatic carbocycles. The highest BCUT2D eigenvalue weighted by Crippen LogP contribution is 2.41.